The van der Waals surface area contributed by atoms with E-state index in [0.29, 0.717) is 0 Å². The first-order valence-corrected chi connectivity index (χ1v) is 9.96. The number of carbonyl (C=O) groups is 1. The van der Waals surface area contributed by atoms with Gasteiger partial charge in [-0.05, 0) is 47.9 Å². The van der Waals surface area contributed by atoms with E-state index in [-0.39, 0.29) is 6.03 Å². The van der Waals surface area contributed by atoms with E-state index in [1.165, 1.54) is 11.1 Å². The summed E-state index contributed by atoms with van der Waals surface area (Å²) < 4.78 is 0. The van der Waals surface area contributed by atoms with Crippen LogP contribution in [0.3, 0.4) is 0 Å². The third kappa shape index (κ3) is 3.55. The number of rotatable bonds is 3. The average molecular weight is 395 g/mol. The van der Waals surface area contributed by atoms with Crippen molar-refractivity contribution in [1.82, 2.24) is 9.97 Å². The number of nitrogens with zero attached hydrogens (tertiary/aromatic N) is 3. The zero-order chi connectivity index (χ0) is 20.3. The lowest BCUT2D eigenvalue weighted by Gasteiger charge is -2.31. The number of hydrogen-bond acceptors (Lipinski definition) is 4. The van der Waals surface area contributed by atoms with Gasteiger partial charge in [0.15, 0.2) is 0 Å². The zero-order valence-corrected chi connectivity index (χ0v) is 16.4. The molecule has 2 amide bonds. The molecule has 2 N–H and O–H groups in total. The van der Waals surface area contributed by atoms with Crippen LogP contribution in [0.4, 0.5) is 22.0 Å². The summed E-state index contributed by atoms with van der Waals surface area (Å²) >= 11 is 0. The normalized spacial score (nSPS) is 13.0. The van der Waals surface area contributed by atoms with Crippen molar-refractivity contribution in [3.63, 3.8) is 0 Å². The van der Waals surface area contributed by atoms with Gasteiger partial charge in [0.25, 0.3) is 0 Å². The number of carbonyl (C=O) groups excluding carboxylic acids is 1. The molecule has 0 unspecified atom stereocenters. The second kappa shape index (κ2) is 7.83. The zero-order valence-electron chi connectivity index (χ0n) is 16.4. The van der Waals surface area contributed by atoms with Gasteiger partial charge in [0.2, 0.25) is 0 Å². The summed E-state index contributed by atoms with van der Waals surface area (Å²) in [4.78, 5) is 23.7. The van der Waals surface area contributed by atoms with Crippen LogP contribution < -0.4 is 15.5 Å². The summed E-state index contributed by atoms with van der Waals surface area (Å²) in [7, 11) is 0. The number of benzene rings is 3. The molecule has 3 aromatic carbocycles. The predicted molar refractivity (Wildman–Crippen MR) is 120 cm³/mol. The topological polar surface area (TPSA) is 70.2 Å². The van der Waals surface area contributed by atoms with E-state index in [2.05, 4.69) is 37.6 Å². The average Bonchev–Trinajstić information content (AvgIpc) is 2.79. The summed E-state index contributed by atoms with van der Waals surface area (Å²) in [5.74, 6) is 0.950. The number of para-hydroxylation sites is 2. The molecule has 30 heavy (non-hydrogen) atoms. The molecule has 4 aromatic rings. The quantitative estimate of drug-likeness (QED) is 0.521. The first-order chi connectivity index (χ1) is 14.8. The summed E-state index contributed by atoms with van der Waals surface area (Å²) in [6.45, 7) is 1.57. The van der Waals surface area contributed by atoms with Crippen molar-refractivity contribution < 1.29 is 4.79 Å². The number of hydrogen-bond donors (Lipinski definition) is 2. The first kappa shape index (κ1) is 18.1. The first-order valence-electron chi connectivity index (χ1n) is 9.96. The van der Waals surface area contributed by atoms with Gasteiger partial charge in [-0.25, -0.2) is 14.8 Å². The van der Waals surface area contributed by atoms with Gasteiger partial charge in [-0.15, -0.1) is 0 Å². The van der Waals surface area contributed by atoms with Gasteiger partial charge in [-0.2, -0.15) is 0 Å². The molecule has 6 heteroatoms. The van der Waals surface area contributed by atoms with Gasteiger partial charge in [0.1, 0.15) is 12.1 Å². The van der Waals surface area contributed by atoms with E-state index >= 15 is 0 Å². The minimum Gasteiger partial charge on any atom is -0.351 e. The largest absolute Gasteiger partial charge is 0.351 e. The van der Waals surface area contributed by atoms with E-state index in [1.54, 1.807) is 6.33 Å². The van der Waals surface area contributed by atoms with Crippen LogP contribution in [-0.2, 0) is 13.0 Å². The summed E-state index contributed by atoms with van der Waals surface area (Å²) in [6, 6.07) is 23.3. The lowest BCUT2D eigenvalue weighted by atomic mass is 9.97. The second-order valence-corrected chi connectivity index (χ2v) is 7.27. The summed E-state index contributed by atoms with van der Waals surface area (Å²) in [5.41, 5.74) is 4.94. The summed E-state index contributed by atoms with van der Waals surface area (Å²) in [5, 5.41) is 6.94. The van der Waals surface area contributed by atoms with Crippen LogP contribution >= 0.6 is 0 Å². The third-order valence-electron chi connectivity index (χ3n) is 5.37. The van der Waals surface area contributed by atoms with Crippen LogP contribution in [0.2, 0.25) is 0 Å². The van der Waals surface area contributed by atoms with E-state index < -0.39 is 0 Å². The van der Waals surface area contributed by atoms with Gasteiger partial charge >= 0.3 is 6.03 Å². The number of fused-ring (bicyclic) bond motifs is 2. The van der Waals surface area contributed by atoms with Gasteiger partial charge in [0, 0.05) is 29.9 Å². The van der Waals surface area contributed by atoms with Crippen LogP contribution in [0.15, 0.2) is 79.1 Å². The van der Waals surface area contributed by atoms with E-state index in [1.807, 2.05) is 60.7 Å². The molecule has 0 aliphatic carbocycles. The Bertz CT molecular complexity index is 1200. The minimum absolute atomic E-state index is 0.237. The Kier molecular flexibility index (Phi) is 4.73. The van der Waals surface area contributed by atoms with Gasteiger partial charge in [-0.3, -0.25) is 0 Å². The van der Waals surface area contributed by atoms with Crippen LogP contribution in [0.5, 0.6) is 0 Å². The van der Waals surface area contributed by atoms with E-state index in [4.69, 9.17) is 0 Å². The lowest BCUT2D eigenvalue weighted by molar-refractivity contribution is 0.262. The van der Waals surface area contributed by atoms with Crippen molar-refractivity contribution in [3.05, 3.63) is 90.3 Å². The molecule has 6 nitrogen and oxygen atoms in total. The highest BCUT2D eigenvalue weighted by Gasteiger charge is 2.22. The standard InChI is InChI=1S/C24H21N5O/c30-24(27-18-8-2-1-3-9-18)28-22-12-6-7-17-15-29(14-13-19(17)22)23-20-10-4-5-11-21(20)25-16-26-23/h1-12,16H,13-15H2,(H2,27,28,30). The number of nitrogens with one attached hydrogen (secondary N) is 2. The Hall–Kier alpha value is -3.93. The fourth-order valence-corrected chi connectivity index (χ4v) is 3.96. The van der Waals surface area contributed by atoms with Gasteiger partial charge < -0.3 is 15.5 Å². The maximum absolute atomic E-state index is 12.5. The Labute approximate surface area is 174 Å². The fourth-order valence-electron chi connectivity index (χ4n) is 3.96. The van der Waals surface area contributed by atoms with Crippen molar-refractivity contribution in [2.45, 2.75) is 13.0 Å². The molecule has 148 valence electrons. The highest BCUT2D eigenvalue weighted by molar-refractivity contribution is 6.00. The monoisotopic (exact) mass is 395 g/mol. The smallest absolute Gasteiger partial charge is 0.323 e. The maximum Gasteiger partial charge on any atom is 0.323 e. The molecule has 1 aromatic heterocycles. The molecule has 0 saturated carbocycles. The van der Waals surface area contributed by atoms with Crippen molar-refractivity contribution in [2.24, 2.45) is 0 Å². The highest BCUT2D eigenvalue weighted by atomic mass is 16.2. The molecule has 0 bridgehead atoms. The third-order valence-corrected chi connectivity index (χ3v) is 5.37. The SMILES string of the molecule is O=C(Nc1ccccc1)Nc1cccc2c1CCN(c1ncnc3ccccc13)C2. The molecule has 0 saturated heterocycles. The Morgan fingerprint density at radius 1 is 0.867 bits per heavy atom. The molecule has 2 heterocycles. The van der Waals surface area contributed by atoms with Crippen molar-refractivity contribution in [1.29, 1.82) is 0 Å². The highest BCUT2D eigenvalue weighted by Crippen LogP contribution is 2.31. The minimum atomic E-state index is -0.237. The number of aromatic nitrogens is 2. The van der Waals surface area contributed by atoms with Crippen molar-refractivity contribution in [2.75, 3.05) is 22.1 Å². The van der Waals surface area contributed by atoms with Crippen molar-refractivity contribution in [3.8, 4) is 0 Å². The van der Waals surface area contributed by atoms with Gasteiger partial charge in [-0.1, -0.05) is 42.5 Å². The molecule has 1 aliphatic heterocycles. The van der Waals surface area contributed by atoms with Gasteiger partial charge in [0.05, 0.1) is 5.52 Å². The van der Waals surface area contributed by atoms with E-state index in [0.717, 1.165) is 47.6 Å². The molecule has 0 atom stereocenters. The summed E-state index contributed by atoms with van der Waals surface area (Å²) in [6.07, 6.45) is 2.45. The number of amides is 2. The molecule has 5 rings (SSSR count). The lowest BCUT2D eigenvalue weighted by Crippen LogP contribution is -2.32. The Morgan fingerprint density at radius 2 is 1.70 bits per heavy atom. The Balaban J connectivity index is 1.37. The van der Waals surface area contributed by atoms with Crippen LogP contribution in [0.1, 0.15) is 11.1 Å². The van der Waals surface area contributed by atoms with Crippen LogP contribution in [0, 0.1) is 0 Å². The van der Waals surface area contributed by atoms with Crippen LogP contribution in [0.25, 0.3) is 10.9 Å². The Morgan fingerprint density at radius 3 is 2.60 bits per heavy atom. The second-order valence-electron chi connectivity index (χ2n) is 7.27. The predicted octanol–water partition coefficient (Wildman–Crippen LogP) is 4.84. The molecule has 0 radical (unpaired) electrons. The molecular formula is C24H21N5O. The number of urea groups is 1. The maximum atomic E-state index is 12.5. The molecule has 0 fully saturated rings. The van der Waals surface area contributed by atoms with Crippen LogP contribution in [-0.4, -0.2) is 22.5 Å². The fraction of sp³-hybridized carbons (Fsp3) is 0.125. The molecular weight excluding hydrogens is 374 g/mol. The van der Waals surface area contributed by atoms with Crippen molar-refractivity contribution >= 4 is 34.1 Å². The molecule has 1 aliphatic rings. The van der Waals surface area contributed by atoms with E-state index in [9.17, 15) is 4.79 Å². The molecule has 0 spiro atoms. The number of anilines is 3.